The minimum atomic E-state index is -0.486. The minimum absolute atomic E-state index is 0.323. The molecule has 0 amide bonds. The number of nitrogens with zero attached hydrogens (tertiary/aromatic N) is 1. The molecule has 1 heterocycles. The van der Waals surface area contributed by atoms with Crippen LogP contribution in [-0.2, 0) is 4.79 Å². The van der Waals surface area contributed by atoms with Gasteiger partial charge < -0.3 is 14.4 Å². The van der Waals surface area contributed by atoms with Crippen LogP contribution in [0.15, 0.2) is 61.2 Å². The lowest BCUT2D eigenvalue weighted by atomic mass is 10.1. The van der Waals surface area contributed by atoms with Crippen LogP contribution in [0.1, 0.15) is 11.8 Å². The Bertz CT molecular complexity index is 696. The molecule has 0 aromatic heterocycles. The summed E-state index contributed by atoms with van der Waals surface area (Å²) in [5.41, 5.74) is 1.80. The molecule has 1 aliphatic heterocycles. The molecule has 0 saturated carbocycles. The number of ether oxygens (including phenoxy) is 2. The zero-order chi connectivity index (χ0) is 14.8. The first-order valence-electron chi connectivity index (χ1n) is 6.62. The van der Waals surface area contributed by atoms with Gasteiger partial charge in [0.2, 0.25) is 6.23 Å². The Morgan fingerprint density at radius 2 is 1.95 bits per heavy atom. The van der Waals surface area contributed by atoms with Gasteiger partial charge in [-0.1, -0.05) is 30.8 Å². The fourth-order valence-corrected chi connectivity index (χ4v) is 2.37. The van der Waals surface area contributed by atoms with Crippen LogP contribution in [0.25, 0.3) is 0 Å². The first-order valence-corrected chi connectivity index (χ1v) is 6.62. The molecular weight excluding hydrogens is 266 g/mol. The van der Waals surface area contributed by atoms with Crippen LogP contribution >= 0.6 is 0 Å². The van der Waals surface area contributed by atoms with Gasteiger partial charge in [0.05, 0.1) is 11.3 Å². The van der Waals surface area contributed by atoms with E-state index < -0.39 is 5.97 Å². The third-order valence-electron chi connectivity index (χ3n) is 3.40. The van der Waals surface area contributed by atoms with Gasteiger partial charge >= 0.3 is 5.97 Å². The maximum Gasteiger partial charge on any atom is 0.335 e. The first-order chi connectivity index (χ1) is 10.2. The largest absolute Gasteiger partial charge is 0.464 e. The molecule has 4 nitrogen and oxygen atoms in total. The zero-order valence-corrected chi connectivity index (χ0v) is 11.7. The van der Waals surface area contributed by atoms with Crippen LogP contribution in [0.3, 0.4) is 0 Å². The number of benzene rings is 2. The Morgan fingerprint density at radius 3 is 2.71 bits per heavy atom. The van der Waals surface area contributed by atoms with Crippen molar-refractivity contribution in [1.82, 2.24) is 0 Å². The van der Waals surface area contributed by atoms with Crippen molar-refractivity contribution in [3.8, 4) is 11.5 Å². The SMILES string of the molecule is C=CC(=O)Oc1ccccc1C1Oc2ccccc2N1C. The number of para-hydroxylation sites is 3. The van der Waals surface area contributed by atoms with Crippen LogP contribution in [0.2, 0.25) is 0 Å². The fourth-order valence-electron chi connectivity index (χ4n) is 2.37. The van der Waals surface area contributed by atoms with E-state index in [1.54, 1.807) is 6.07 Å². The summed E-state index contributed by atoms with van der Waals surface area (Å²) in [6.07, 6.45) is 0.821. The van der Waals surface area contributed by atoms with Gasteiger partial charge in [-0.2, -0.15) is 0 Å². The molecule has 0 radical (unpaired) electrons. The molecular formula is C17H15NO3. The predicted molar refractivity (Wildman–Crippen MR) is 80.5 cm³/mol. The van der Waals surface area contributed by atoms with Crippen molar-refractivity contribution in [3.63, 3.8) is 0 Å². The van der Waals surface area contributed by atoms with Gasteiger partial charge in [-0.05, 0) is 24.3 Å². The van der Waals surface area contributed by atoms with Crippen molar-refractivity contribution in [3.05, 3.63) is 66.7 Å². The number of anilines is 1. The summed E-state index contributed by atoms with van der Waals surface area (Å²) in [6, 6.07) is 15.1. The predicted octanol–water partition coefficient (Wildman–Crippen LogP) is 3.31. The van der Waals surface area contributed by atoms with Crippen LogP contribution in [-0.4, -0.2) is 13.0 Å². The number of hydrogen-bond donors (Lipinski definition) is 0. The van der Waals surface area contributed by atoms with Gasteiger partial charge in [0.25, 0.3) is 0 Å². The first kappa shape index (κ1) is 13.2. The second-order valence-corrected chi connectivity index (χ2v) is 4.71. The monoisotopic (exact) mass is 281 g/mol. The topological polar surface area (TPSA) is 38.8 Å². The third-order valence-corrected chi connectivity index (χ3v) is 3.40. The Labute approximate surface area is 123 Å². The summed E-state index contributed by atoms with van der Waals surface area (Å²) in [7, 11) is 1.95. The fraction of sp³-hybridized carbons (Fsp3) is 0.118. The number of fused-ring (bicyclic) bond motifs is 1. The molecule has 0 N–H and O–H groups in total. The molecule has 106 valence electrons. The second-order valence-electron chi connectivity index (χ2n) is 4.71. The number of hydrogen-bond acceptors (Lipinski definition) is 4. The van der Waals surface area contributed by atoms with Crippen molar-refractivity contribution in [2.24, 2.45) is 0 Å². The standard InChI is InChI=1S/C17H15NO3/c1-3-16(19)20-14-10-6-4-8-12(14)17-18(2)13-9-5-7-11-15(13)21-17/h3-11,17H,1H2,2H3. The Kier molecular flexibility index (Phi) is 3.36. The van der Waals surface area contributed by atoms with Gasteiger partial charge in [-0.25, -0.2) is 4.79 Å². The Hall–Kier alpha value is -2.75. The van der Waals surface area contributed by atoms with Crippen LogP contribution < -0.4 is 14.4 Å². The van der Waals surface area contributed by atoms with Crippen molar-refractivity contribution in [1.29, 1.82) is 0 Å². The average molecular weight is 281 g/mol. The summed E-state index contributed by atoms with van der Waals surface area (Å²) >= 11 is 0. The van der Waals surface area contributed by atoms with Crippen molar-refractivity contribution in [2.75, 3.05) is 11.9 Å². The smallest absolute Gasteiger partial charge is 0.335 e. The summed E-state index contributed by atoms with van der Waals surface area (Å²) in [5, 5.41) is 0. The highest BCUT2D eigenvalue weighted by atomic mass is 16.5. The molecule has 1 unspecified atom stereocenters. The highest BCUT2D eigenvalue weighted by Gasteiger charge is 2.31. The molecule has 3 rings (SSSR count). The molecule has 1 aliphatic rings. The zero-order valence-electron chi connectivity index (χ0n) is 11.7. The summed E-state index contributed by atoms with van der Waals surface area (Å²) in [6.45, 7) is 3.42. The summed E-state index contributed by atoms with van der Waals surface area (Å²) < 4.78 is 11.3. The van der Waals surface area contributed by atoms with E-state index in [1.807, 2.05) is 54.4 Å². The molecule has 0 fully saturated rings. The average Bonchev–Trinajstić information content (AvgIpc) is 2.85. The molecule has 21 heavy (non-hydrogen) atoms. The van der Waals surface area contributed by atoms with Crippen molar-refractivity contribution < 1.29 is 14.3 Å². The molecule has 2 aromatic carbocycles. The molecule has 0 spiro atoms. The normalized spacial score (nSPS) is 16.0. The molecule has 2 aromatic rings. The maximum atomic E-state index is 11.5. The van der Waals surface area contributed by atoms with E-state index >= 15 is 0 Å². The van der Waals surface area contributed by atoms with Crippen LogP contribution in [0.5, 0.6) is 11.5 Å². The number of esters is 1. The van der Waals surface area contributed by atoms with E-state index in [9.17, 15) is 4.79 Å². The van der Waals surface area contributed by atoms with Gasteiger partial charge in [0.15, 0.2) is 0 Å². The van der Waals surface area contributed by atoms with E-state index in [-0.39, 0.29) is 6.23 Å². The molecule has 0 bridgehead atoms. The van der Waals surface area contributed by atoms with Gasteiger partial charge in [0, 0.05) is 13.1 Å². The third kappa shape index (κ3) is 2.36. The minimum Gasteiger partial charge on any atom is -0.464 e. The maximum absolute atomic E-state index is 11.5. The summed E-state index contributed by atoms with van der Waals surface area (Å²) in [5.74, 6) is 0.808. The van der Waals surface area contributed by atoms with E-state index in [4.69, 9.17) is 9.47 Å². The lowest BCUT2D eigenvalue weighted by molar-refractivity contribution is -0.129. The highest BCUT2D eigenvalue weighted by Crippen LogP contribution is 2.43. The van der Waals surface area contributed by atoms with Gasteiger partial charge in [-0.3, -0.25) is 0 Å². The molecule has 0 saturated heterocycles. The van der Waals surface area contributed by atoms with Crippen LogP contribution in [0, 0.1) is 0 Å². The summed E-state index contributed by atoms with van der Waals surface area (Å²) in [4.78, 5) is 13.5. The molecule has 0 aliphatic carbocycles. The van der Waals surface area contributed by atoms with Gasteiger partial charge in [-0.15, -0.1) is 0 Å². The number of carbonyl (C=O) groups is 1. The lowest BCUT2D eigenvalue weighted by Gasteiger charge is -2.22. The van der Waals surface area contributed by atoms with E-state index in [0.717, 1.165) is 23.1 Å². The highest BCUT2D eigenvalue weighted by molar-refractivity contribution is 5.83. The van der Waals surface area contributed by atoms with Crippen molar-refractivity contribution in [2.45, 2.75) is 6.23 Å². The molecule has 4 heteroatoms. The van der Waals surface area contributed by atoms with E-state index in [2.05, 4.69) is 6.58 Å². The van der Waals surface area contributed by atoms with E-state index in [1.165, 1.54) is 0 Å². The van der Waals surface area contributed by atoms with Crippen LogP contribution in [0.4, 0.5) is 5.69 Å². The quantitative estimate of drug-likeness (QED) is 0.491. The van der Waals surface area contributed by atoms with Gasteiger partial charge in [0.1, 0.15) is 11.5 Å². The Balaban J connectivity index is 1.96. The molecule has 1 atom stereocenters. The lowest BCUT2D eigenvalue weighted by Crippen LogP contribution is -2.23. The number of rotatable bonds is 3. The Morgan fingerprint density at radius 1 is 1.24 bits per heavy atom. The van der Waals surface area contributed by atoms with E-state index in [0.29, 0.717) is 5.75 Å². The number of carbonyl (C=O) groups excluding carboxylic acids is 1. The van der Waals surface area contributed by atoms with Crippen molar-refractivity contribution >= 4 is 11.7 Å². The second kappa shape index (κ2) is 5.32.